The lowest BCUT2D eigenvalue weighted by atomic mass is 10.2. The standard InChI is InChI=1S/C16H22N4O/c1-19(10-11-20-8-6-17-7-9-20)15-12-13-4-2-3-5-14(13)16(21)18-15/h2-5,12,17H,6-11H2,1H3,(H,18,21). The quantitative estimate of drug-likeness (QED) is 0.876. The lowest BCUT2D eigenvalue weighted by Crippen LogP contribution is -2.46. The number of nitrogens with one attached hydrogen (secondary N) is 2. The molecule has 0 aliphatic carbocycles. The molecular weight excluding hydrogens is 264 g/mol. The van der Waals surface area contributed by atoms with E-state index in [0.29, 0.717) is 0 Å². The van der Waals surface area contributed by atoms with Crippen molar-refractivity contribution < 1.29 is 0 Å². The maximum atomic E-state index is 12.1. The fourth-order valence-corrected chi connectivity index (χ4v) is 2.75. The first-order valence-electron chi connectivity index (χ1n) is 7.50. The van der Waals surface area contributed by atoms with Crippen LogP contribution in [-0.4, -0.2) is 56.2 Å². The van der Waals surface area contributed by atoms with Crippen molar-refractivity contribution in [3.8, 4) is 0 Å². The number of aromatic nitrogens is 1. The number of aromatic amines is 1. The first-order valence-corrected chi connectivity index (χ1v) is 7.50. The van der Waals surface area contributed by atoms with E-state index in [2.05, 4.69) is 26.2 Å². The number of H-pyrrole nitrogens is 1. The van der Waals surface area contributed by atoms with Crippen LogP contribution in [0.25, 0.3) is 10.8 Å². The average Bonchev–Trinajstić information content (AvgIpc) is 2.53. The number of hydrogen-bond donors (Lipinski definition) is 2. The molecule has 2 heterocycles. The molecule has 2 N–H and O–H groups in total. The number of fused-ring (bicyclic) bond motifs is 1. The molecule has 0 spiro atoms. The van der Waals surface area contributed by atoms with Gasteiger partial charge in [0.05, 0.1) is 0 Å². The molecule has 2 aromatic rings. The van der Waals surface area contributed by atoms with Crippen molar-refractivity contribution in [2.75, 3.05) is 51.2 Å². The number of pyridine rings is 1. The third-order valence-corrected chi connectivity index (χ3v) is 4.11. The summed E-state index contributed by atoms with van der Waals surface area (Å²) in [5.74, 6) is 0.883. The Kier molecular flexibility index (Phi) is 4.22. The van der Waals surface area contributed by atoms with E-state index >= 15 is 0 Å². The molecule has 1 fully saturated rings. The van der Waals surface area contributed by atoms with Crippen molar-refractivity contribution in [3.63, 3.8) is 0 Å². The molecule has 1 aliphatic rings. The zero-order chi connectivity index (χ0) is 14.7. The second-order valence-corrected chi connectivity index (χ2v) is 5.58. The second-order valence-electron chi connectivity index (χ2n) is 5.58. The Morgan fingerprint density at radius 3 is 2.81 bits per heavy atom. The zero-order valence-electron chi connectivity index (χ0n) is 12.4. The van der Waals surface area contributed by atoms with Crippen LogP contribution in [-0.2, 0) is 0 Å². The highest BCUT2D eigenvalue weighted by atomic mass is 16.1. The average molecular weight is 286 g/mol. The Labute approximate surface area is 124 Å². The first-order chi connectivity index (χ1) is 10.2. The number of nitrogens with zero attached hydrogens (tertiary/aromatic N) is 2. The number of rotatable bonds is 4. The van der Waals surface area contributed by atoms with E-state index in [-0.39, 0.29) is 5.56 Å². The molecular formula is C16H22N4O. The lowest BCUT2D eigenvalue weighted by molar-refractivity contribution is 0.246. The van der Waals surface area contributed by atoms with Crippen LogP contribution < -0.4 is 15.8 Å². The van der Waals surface area contributed by atoms with Gasteiger partial charge in [-0.2, -0.15) is 0 Å². The lowest BCUT2D eigenvalue weighted by Gasteiger charge is -2.29. The largest absolute Gasteiger partial charge is 0.360 e. The van der Waals surface area contributed by atoms with Gasteiger partial charge >= 0.3 is 0 Å². The van der Waals surface area contributed by atoms with Gasteiger partial charge < -0.3 is 15.2 Å². The molecule has 1 aromatic carbocycles. The van der Waals surface area contributed by atoms with Crippen molar-refractivity contribution in [2.24, 2.45) is 0 Å². The molecule has 0 bridgehead atoms. The second kappa shape index (κ2) is 6.28. The van der Waals surface area contributed by atoms with E-state index in [4.69, 9.17) is 0 Å². The third kappa shape index (κ3) is 3.25. The van der Waals surface area contributed by atoms with Crippen LogP contribution in [0.3, 0.4) is 0 Å². The minimum Gasteiger partial charge on any atom is -0.360 e. The highest BCUT2D eigenvalue weighted by Crippen LogP contribution is 2.15. The Morgan fingerprint density at radius 1 is 1.24 bits per heavy atom. The normalized spacial score (nSPS) is 16.2. The predicted molar refractivity (Wildman–Crippen MR) is 87.1 cm³/mol. The topological polar surface area (TPSA) is 51.4 Å². The fraction of sp³-hybridized carbons (Fsp3) is 0.438. The summed E-state index contributed by atoms with van der Waals surface area (Å²) in [5, 5.41) is 5.10. The van der Waals surface area contributed by atoms with Crippen molar-refractivity contribution >= 4 is 16.6 Å². The van der Waals surface area contributed by atoms with Crippen LogP contribution in [0.1, 0.15) is 0 Å². The SMILES string of the molecule is CN(CCN1CCNCC1)c1cc2ccccc2c(=O)[nH]1. The summed E-state index contributed by atoms with van der Waals surface area (Å²) in [6, 6.07) is 9.75. The molecule has 0 amide bonds. The monoisotopic (exact) mass is 286 g/mol. The van der Waals surface area contributed by atoms with Gasteiger partial charge in [0.1, 0.15) is 5.82 Å². The first kappa shape index (κ1) is 14.1. The molecule has 5 nitrogen and oxygen atoms in total. The molecule has 21 heavy (non-hydrogen) atoms. The van der Waals surface area contributed by atoms with Crippen LogP contribution in [0.4, 0.5) is 5.82 Å². The maximum absolute atomic E-state index is 12.1. The molecule has 1 aromatic heterocycles. The van der Waals surface area contributed by atoms with Gasteiger partial charge in [-0.1, -0.05) is 18.2 Å². The summed E-state index contributed by atoms with van der Waals surface area (Å²) in [4.78, 5) is 19.7. The summed E-state index contributed by atoms with van der Waals surface area (Å²) < 4.78 is 0. The van der Waals surface area contributed by atoms with Crippen molar-refractivity contribution in [3.05, 3.63) is 40.7 Å². The summed E-state index contributed by atoms with van der Waals surface area (Å²) in [6.07, 6.45) is 0. The van der Waals surface area contributed by atoms with Crippen LogP contribution in [0.2, 0.25) is 0 Å². The number of hydrogen-bond acceptors (Lipinski definition) is 4. The van der Waals surface area contributed by atoms with Gasteiger partial charge in [-0.25, -0.2) is 0 Å². The van der Waals surface area contributed by atoms with Gasteiger partial charge in [0.25, 0.3) is 5.56 Å². The number of piperazine rings is 1. The van der Waals surface area contributed by atoms with E-state index in [0.717, 1.165) is 55.9 Å². The third-order valence-electron chi connectivity index (χ3n) is 4.11. The van der Waals surface area contributed by atoms with Gasteiger partial charge in [-0.3, -0.25) is 9.69 Å². The summed E-state index contributed by atoms with van der Waals surface area (Å²) in [6.45, 7) is 6.26. The highest BCUT2D eigenvalue weighted by Gasteiger charge is 2.11. The Morgan fingerprint density at radius 2 is 2.00 bits per heavy atom. The molecule has 1 aliphatic heterocycles. The Bertz CT molecular complexity index is 661. The predicted octanol–water partition coefficient (Wildman–Crippen LogP) is 0.869. The van der Waals surface area contributed by atoms with Crippen LogP contribution in [0, 0.1) is 0 Å². The van der Waals surface area contributed by atoms with Crippen molar-refractivity contribution in [2.45, 2.75) is 0 Å². The molecule has 0 unspecified atom stereocenters. The molecule has 5 heteroatoms. The molecule has 112 valence electrons. The Hall–Kier alpha value is -1.85. The van der Waals surface area contributed by atoms with E-state index in [9.17, 15) is 4.79 Å². The van der Waals surface area contributed by atoms with Gasteiger partial charge in [0.2, 0.25) is 0 Å². The van der Waals surface area contributed by atoms with Gasteiger partial charge in [-0.15, -0.1) is 0 Å². The summed E-state index contributed by atoms with van der Waals surface area (Å²) >= 11 is 0. The molecule has 1 saturated heterocycles. The summed E-state index contributed by atoms with van der Waals surface area (Å²) in [5.41, 5.74) is -0.0166. The molecule has 3 rings (SSSR count). The fourth-order valence-electron chi connectivity index (χ4n) is 2.75. The highest BCUT2D eigenvalue weighted by molar-refractivity contribution is 5.83. The number of benzene rings is 1. The number of likely N-dealkylation sites (N-methyl/N-ethyl adjacent to an activating group) is 1. The Balaban J connectivity index is 1.72. The van der Waals surface area contributed by atoms with Gasteiger partial charge in [-0.05, 0) is 17.5 Å². The molecule has 0 radical (unpaired) electrons. The van der Waals surface area contributed by atoms with Crippen LogP contribution in [0.15, 0.2) is 35.1 Å². The van der Waals surface area contributed by atoms with Crippen molar-refractivity contribution in [1.82, 2.24) is 15.2 Å². The van der Waals surface area contributed by atoms with Gasteiger partial charge in [0, 0.05) is 51.7 Å². The van der Waals surface area contributed by atoms with Crippen molar-refractivity contribution in [1.29, 1.82) is 0 Å². The summed E-state index contributed by atoms with van der Waals surface area (Å²) in [7, 11) is 2.03. The molecule has 0 saturated carbocycles. The van der Waals surface area contributed by atoms with Gasteiger partial charge in [0.15, 0.2) is 0 Å². The molecule has 0 atom stereocenters. The van der Waals surface area contributed by atoms with E-state index < -0.39 is 0 Å². The van der Waals surface area contributed by atoms with E-state index in [1.54, 1.807) is 0 Å². The maximum Gasteiger partial charge on any atom is 0.257 e. The number of anilines is 1. The van der Waals surface area contributed by atoms with Crippen LogP contribution in [0.5, 0.6) is 0 Å². The smallest absolute Gasteiger partial charge is 0.257 e. The minimum atomic E-state index is -0.0166. The van der Waals surface area contributed by atoms with Crippen LogP contribution >= 0.6 is 0 Å². The van der Waals surface area contributed by atoms with E-state index in [1.807, 2.05) is 31.3 Å². The minimum absolute atomic E-state index is 0.0166. The zero-order valence-corrected chi connectivity index (χ0v) is 12.4. The van der Waals surface area contributed by atoms with E-state index in [1.165, 1.54) is 0 Å².